The van der Waals surface area contributed by atoms with Crippen LogP contribution < -0.4 is 0 Å². The molecule has 0 aliphatic heterocycles. The van der Waals surface area contributed by atoms with Crippen molar-refractivity contribution in [1.29, 1.82) is 0 Å². The highest BCUT2D eigenvalue weighted by Crippen LogP contribution is 2.61. The first-order valence-corrected chi connectivity index (χ1v) is 9.93. The maximum atomic E-state index is 12.8. The summed E-state index contributed by atoms with van der Waals surface area (Å²) < 4.78 is 5.78. The highest BCUT2D eigenvalue weighted by molar-refractivity contribution is 5.78. The molecule has 4 saturated carbocycles. The fourth-order valence-electron chi connectivity index (χ4n) is 5.75. The van der Waals surface area contributed by atoms with Crippen molar-refractivity contribution < 1.29 is 9.53 Å². The zero-order chi connectivity index (χ0) is 15.4. The lowest BCUT2D eigenvalue weighted by molar-refractivity contribution is -0.178. The molecule has 0 spiro atoms. The molecule has 0 saturated heterocycles. The van der Waals surface area contributed by atoms with Crippen LogP contribution in [-0.4, -0.2) is 12.6 Å². The smallest absolute Gasteiger partial charge is 0.312 e. The summed E-state index contributed by atoms with van der Waals surface area (Å²) in [6.07, 6.45) is 16.5. The minimum atomic E-state index is -0.0632. The van der Waals surface area contributed by atoms with Gasteiger partial charge in [0.25, 0.3) is 0 Å². The first-order chi connectivity index (χ1) is 10.8. The van der Waals surface area contributed by atoms with Gasteiger partial charge in [0, 0.05) is 0 Å². The third-order valence-corrected chi connectivity index (χ3v) is 6.79. The van der Waals surface area contributed by atoms with E-state index in [2.05, 4.69) is 6.92 Å². The Balaban J connectivity index is 1.45. The van der Waals surface area contributed by atoms with Gasteiger partial charge in [0.15, 0.2) is 0 Å². The van der Waals surface area contributed by atoms with Crippen molar-refractivity contribution >= 4 is 5.97 Å². The topological polar surface area (TPSA) is 26.3 Å². The Morgan fingerprint density at radius 3 is 2.73 bits per heavy atom. The van der Waals surface area contributed by atoms with Crippen molar-refractivity contribution in [2.45, 2.75) is 90.4 Å². The molecule has 4 bridgehead atoms. The van der Waals surface area contributed by atoms with E-state index >= 15 is 0 Å². The molecule has 0 N–H and O–H groups in total. The predicted octanol–water partition coefficient (Wildman–Crippen LogP) is 5.50. The maximum Gasteiger partial charge on any atom is 0.312 e. The van der Waals surface area contributed by atoms with Gasteiger partial charge in [-0.05, 0) is 49.9 Å². The van der Waals surface area contributed by atoms with Crippen LogP contribution in [0.4, 0.5) is 0 Å². The quantitative estimate of drug-likeness (QED) is 0.437. The van der Waals surface area contributed by atoms with Crippen LogP contribution in [0.15, 0.2) is 0 Å². The first-order valence-electron chi connectivity index (χ1n) is 9.93. The zero-order valence-corrected chi connectivity index (χ0v) is 14.4. The molecule has 0 aromatic heterocycles. The van der Waals surface area contributed by atoms with Gasteiger partial charge in [-0.2, -0.15) is 0 Å². The number of hydrogen-bond donors (Lipinski definition) is 0. The van der Waals surface area contributed by atoms with Gasteiger partial charge in [0.1, 0.15) is 0 Å². The maximum absolute atomic E-state index is 12.8. The number of unbranched alkanes of at least 4 members (excludes halogenated alkanes) is 5. The summed E-state index contributed by atoms with van der Waals surface area (Å²) in [7, 11) is 0. The number of carbonyl (C=O) groups is 1. The van der Waals surface area contributed by atoms with Crippen molar-refractivity contribution in [2.75, 3.05) is 6.61 Å². The van der Waals surface area contributed by atoms with Crippen LogP contribution in [0.3, 0.4) is 0 Å². The number of rotatable bonds is 8. The number of hydrogen-bond acceptors (Lipinski definition) is 2. The lowest BCUT2D eigenvalue weighted by atomic mass is 9.47. The molecule has 4 fully saturated rings. The molecule has 4 atom stereocenters. The van der Waals surface area contributed by atoms with Gasteiger partial charge in [-0.25, -0.2) is 0 Å². The molecule has 126 valence electrons. The Labute approximate surface area is 136 Å². The summed E-state index contributed by atoms with van der Waals surface area (Å²) in [5, 5.41) is 0. The molecule has 0 aromatic rings. The fraction of sp³-hybridized carbons (Fsp3) is 0.950. The van der Waals surface area contributed by atoms with Gasteiger partial charge >= 0.3 is 5.97 Å². The van der Waals surface area contributed by atoms with E-state index in [9.17, 15) is 4.79 Å². The van der Waals surface area contributed by atoms with Crippen LogP contribution in [-0.2, 0) is 9.53 Å². The van der Waals surface area contributed by atoms with Gasteiger partial charge in [0.05, 0.1) is 12.0 Å². The molecule has 0 heterocycles. The van der Waals surface area contributed by atoms with Crippen LogP contribution in [0.2, 0.25) is 0 Å². The molecule has 0 aromatic carbocycles. The molecule has 4 aliphatic rings. The van der Waals surface area contributed by atoms with Crippen LogP contribution in [0.1, 0.15) is 90.4 Å². The van der Waals surface area contributed by atoms with Gasteiger partial charge in [-0.15, -0.1) is 0 Å². The standard InChI is InChI=1S/C20H34O2/c1-2-3-4-5-6-7-13-22-19(21)20-12-8-9-17-14-16(15-20)10-11-18(17)20/h16-18H,2-15H2,1H3/t16-,17+,18-,20-/m1/s1. The summed E-state index contributed by atoms with van der Waals surface area (Å²) in [6.45, 7) is 2.91. The van der Waals surface area contributed by atoms with E-state index in [1.54, 1.807) is 0 Å². The number of carbonyl (C=O) groups excluding carboxylic acids is 1. The minimum absolute atomic E-state index is 0.0632. The summed E-state index contributed by atoms with van der Waals surface area (Å²) in [4.78, 5) is 12.8. The number of esters is 1. The third kappa shape index (κ3) is 3.21. The van der Waals surface area contributed by atoms with Crippen LogP contribution in [0, 0.1) is 23.2 Å². The van der Waals surface area contributed by atoms with E-state index < -0.39 is 0 Å². The molecule has 2 heteroatoms. The number of fused-ring (bicyclic) bond motifs is 1. The predicted molar refractivity (Wildman–Crippen MR) is 89.6 cm³/mol. The monoisotopic (exact) mass is 306 g/mol. The molecule has 22 heavy (non-hydrogen) atoms. The SMILES string of the molecule is CCCCCCCCOC(=O)[C@@]12CCC[C@H]3C[C@@H](CC[C@H]31)C2. The minimum Gasteiger partial charge on any atom is -0.465 e. The normalized spacial score (nSPS) is 36.3. The van der Waals surface area contributed by atoms with E-state index in [0.29, 0.717) is 12.5 Å². The van der Waals surface area contributed by atoms with Crippen molar-refractivity contribution in [2.24, 2.45) is 23.2 Å². The fourth-order valence-corrected chi connectivity index (χ4v) is 5.75. The number of ether oxygens (including phenoxy) is 1. The average molecular weight is 306 g/mol. The largest absolute Gasteiger partial charge is 0.465 e. The Hall–Kier alpha value is -0.530. The molecule has 0 amide bonds. The Morgan fingerprint density at radius 1 is 1.09 bits per heavy atom. The highest BCUT2D eigenvalue weighted by Gasteiger charge is 2.58. The van der Waals surface area contributed by atoms with E-state index in [1.807, 2.05) is 0 Å². The Bertz CT molecular complexity index is 378. The first kappa shape index (κ1) is 16.3. The van der Waals surface area contributed by atoms with Gasteiger partial charge in [-0.1, -0.05) is 58.3 Å². The zero-order valence-electron chi connectivity index (χ0n) is 14.4. The van der Waals surface area contributed by atoms with Gasteiger partial charge in [-0.3, -0.25) is 4.79 Å². The van der Waals surface area contributed by atoms with Gasteiger partial charge < -0.3 is 4.74 Å². The van der Waals surface area contributed by atoms with Gasteiger partial charge in [0.2, 0.25) is 0 Å². The van der Waals surface area contributed by atoms with Crippen LogP contribution in [0.25, 0.3) is 0 Å². The Morgan fingerprint density at radius 2 is 1.91 bits per heavy atom. The second-order valence-electron chi connectivity index (χ2n) is 8.20. The highest BCUT2D eigenvalue weighted by atomic mass is 16.5. The van der Waals surface area contributed by atoms with Crippen molar-refractivity contribution in [1.82, 2.24) is 0 Å². The summed E-state index contributed by atoms with van der Waals surface area (Å²) in [5.74, 6) is 2.49. The Kier molecular flexibility index (Phi) is 5.46. The molecular formula is C20H34O2. The lowest BCUT2D eigenvalue weighted by Gasteiger charge is -2.57. The van der Waals surface area contributed by atoms with Crippen molar-refractivity contribution in [3.63, 3.8) is 0 Å². The molecule has 0 unspecified atom stereocenters. The van der Waals surface area contributed by atoms with Crippen molar-refractivity contribution in [3.8, 4) is 0 Å². The summed E-state index contributed by atoms with van der Waals surface area (Å²) in [6, 6.07) is 0. The average Bonchev–Trinajstić information content (AvgIpc) is 2.54. The third-order valence-electron chi connectivity index (χ3n) is 6.79. The molecule has 0 radical (unpaired) electrons. The van der Waals surface area contributed by atoms with Crippen LogP contribution >= 0.6 is 0 Å². The summed E-state index contributed by atoms with van der Waals surface area (Å²) in [5.41, 5.74) is -0.0632. The lowest BCUT2D eigenvalue weighted by Crippen LogP contribution is -2.54. The molecular weight excluding hydrogens is 272 g/mol. The van der Waals surface area contributed by atoms with E-state index in [-0.39, 0.29) is 11.4 Å². The summed E-state index contributed by atoms with van der Waals surface area (Å²) >= 11 is 0. The van der Waals surface area contributed by atoms with Crippen LogP contribution in [0.5, 0.6) is 0 Å². The molecule has 4 aliphatic carbocycles. The second kappa shape index (κ2) is 7.36. The molecule has 2 nitrogen and oxygen atoms in total. The van der Waals surface area contributed by atoms with E-state index in [4.69, 9.17) is 4.74 Å². The second-order valence-corrected chi connectivity index (χ2v) is 8.20. The van der Waals surface area contributed by atoms with E-state index in [1.165, 1.54) is 64.2 Å². The van der Waals surface area contributed by atoms with Crippen molar-refractivity contribution in [3.05, 3.63) is 0 Å². The molecule has 4 rings (SSSR count). The van der Waals surface area contributed by atoms with E-state index in [0.717, 1.165) is 31.1 Å².